The smallest absolute Gasteiger partial charge is 0.169 e. The minimum absolute atomic E-state index is 0.187. The van der Waals surface area contributed by atoms with Crippen molar-refractivity contribution < 1.29 is 29.0 Å². The number of carbonyl (C=O) groups is 1. The third-order valence-corrected chi connectivity index (χ3v) is 4.69. The summed E-state index contributed by atoms with van der Waals surface area (Å²) in [4.78, 5) is 12.2. The normalized spacial score (nSPS) is 12.9. The topological polar surface area (TPSA) is 69.4 Å². The van der Waals surface area contributed by atoms with E-state index >= 15 is 0 Å². The number of aliphatic hydroxyl groups is 1. The lowest BCUT2D eigenvalue weighted by Crippen LogP contribution is -3.09. The second-order valence-electron chi connectivity index (χ2n) is 7.30. The van der Waals surface area contributed by atoms with Gasteiger partial charge in [-0.25, -0.2) is 0 Å². The van der Waals surface area contributed by atoms with Gasteiger partial charge in [0, 0.05) is 6.42 Å². The third kappa shape index (κ3) is 7.40. The summed E-state index contributed by atoms with van der Waals surface area (Å²) in [5, 5.41) is 10.3. The van der Waals surface area contributed by atoms with Gasteiger partial charge in [0.15, 0.2) is 11.5 Å². The summed E-state index contributed by atoms with van der Waals surface area (Å²) in [6.45, 7) is 3.06. The number of Topliss-reactive ketones (excluding diaryl/α,β-unsaturated/α-hetero) is 1. The van der Waals surface area contributed by atoms with Crippen molar-refractivity contribution in [2.45, 2.75) is 32.4 Å². The molecule has 0 saturated carbocycles. The van der Waals surface area contributed by atoms with Gasteiger partial charge in [0.1, 0.15) is 37.3 Å². The SMILES string of the molecule is COc1cccc(C[NH+](C)C[C@H](O)COc2ccc(CCC(C)=O)cc2)c1OC. The fourth-order valence-corrected chi connectivity index (χ4v) is 3.22. The van der Waals surface area contributed by atoms with Crippen LogP contribution in [0.3, 0.4) is 0 Å². The van der Waals surface area contributed by atoms with E-state index in [0.717, 1.165) is 28.2 Å². The maximum Gasteiger partial charge on any atom is 0.169 e. The van der Waals surface area contributed by atoms with Crippen LogP contribution >= 0.6 is 0 Å². The van der Waals surface area contributed by atoms with Crippen LogP contribution in [-0.2, 0) is 17.8 Å². The quantitative estimate of drug-likeness (QED) is 0.565. The molecule has 2 aromatic carbocycles. The van der Waals surface area contributed by atoms with Gasteiger partial charge in [0.05, 0.1) is 26.8 Å². The fourth-order valence-electron chi connectivity index (χ4n) is 3.22. The first-order chi connectivity index (χ1) is 13.9. The average molecular weight is 403 g/mol. The number of aliphatic hydroxyl groups excluding tert-OH is 1. The molecule has 29 heavy (non-hydrogen) atoms. The van der Waals surface area contributed by atoms with Crippen molar-refractivity contribution in [2.24, 2.45) is 0 Å². The molecule has 0 aromatic heterocycles. The molecule has 6 heteroatoms. The van der Waals surface area contributed by atoms with Gasteiger partial charge in [-0.2, -0.15) is 0 Å². The summed E-state index contributed by atoms with van der Waals surface area (Å²) < 4.78 is 16.5. The number of hydrogen-bond donors (Lipinski definition) is 2. The third-order valence-electron chi connectivity index (χ3n) is 4.69. The van der Waals surface area contributed by atoms with Gasteiger partial charge < -0.3 is 29.0 Å². The van der Waals surface area contributed by atoms with Crippen LogP contribution in [0.25, 0.3) is 0 Å². The Kier molecular flexibility index (Phi) is 8.96. The number of nitrogens with one attached hydrogen (secondary N) is 1. The Morgan fingerprint density at radius 3 is 2.45 bits per heavy atom. The zero-order valence-electron chi connectivity index (χ0n) is 17.7. The maximum absolute atomic E-state index is 11.1. The van der Waals surface area contributed by atoms with E-state index in [9.17, 15) is 9.90 Å². The Hall–Kier alpha value is -2.57. The zero-order chi connectivity index (χ0) is 21.2. The minimum Gasteiger partial charge on any atom is -0.493 e. The van der Waals surface area contributed by atoms with Crippen molar-refractivity contribution in [3.63, 3.8) is 0 Å². The molecule has 1 unspecified atom stereocenters. The highest BCUT2D eigenvalue weighted by Crippen LogP contribution is 2.30. The Morgan fingerprint density at radius 2 is 1.83 bits per heavy atom. The van der Waals surface area contributed by atoms with E-state index in [1.165, 1.54) is 0 Å². The molecule has 0 aliphatic heterocycles. The van der Waals surface area contributed by atoms with E-state index in [1.54, 1.807) is 21.1 Å². The number of quaternary nitrogens is 1. The van der Waals surface area contributed by atoms with Crippen molar-refractivity contribution in [3.05, 3.63) is 53.6 Å². The summed E-state index contributed by atoms with van der Waals surface area (Å²) in [6, 6.07) is 13.5. The van der Waals surface area contributed by atoms with Crippen molar-refractivity contribution in [1.82, 2.24) is 0 Å². The molecule has 0 fully saturated rings. The van der Waals surface area contributed by atoms with Crippen LogP contribution in [0, 0.1) is 0 Å². The second kappa shape index (κ2) is 11.4. The van der Waals surface area contributed by atoms with Crippen LogP contribution in [-0.4, -0.2) is 51.4 Å². The molecule has 0 heterocycles. The van der Waals surface area contributed by atoms with E-state index in [-0.39, 0.29) is 12.4 Å². The van der Waals surface area contributed by atoms with E-state index in [0.29, 0.717) is 31.0 Å². The molecule has 0 saturated heterocycles. The number of benzene rings is 2. The number of carbonyl (C=O) groups excluding carboxylic acids is 1. The van der Waals surface area contributed by atoms with Crippen molar-refractivity contribution in [1.29, 1.82) is 0 Å². The molecule has 0 aliphatic rings. The Labute approximate surface area is 173 Å². The van der Waals surface area contributed by atoms with Gasteiger partial charge in [-0.15, -0.1) is 0 Å². The summed E-state index contributed by atoms with van der Waals surface area (Å²) in [7, 11) is 5.27. The molecule has 0 radical (unpaired) electrons. The number of hydrogen-bond acceptors (Lipinski definition) is 5. The monoisotopic (exact) mass is 402 g/mol. The van der Waals surface area contributed by atoms with Gasteiger partial charge in [-0.05, 0) is 43.2 Å². The number of para-hydroxylation sites is 1. The molecule has 0 aliphatic carbocycles. The first kappa shape index (κ1) is 22.7. The second-order valence-corrected chi connectivity index (χ2v) is 7.30. The first-order valence-electron chi connectivity index (χ1n) is 9.83. The number of likely N-dealkylation sites (N-methyl/N-ethyl adjacent to an activating group) is 1. The van der Waals surface area contributed by atoms with Crippen LogP contribution < -0.4 is 19.1 Å². The van der Waals surface area contributed by atoms with E-state index < -0.39 is 6.10 Å². The highest BCUT2D eigenvalue weighted by molar-refractivity contribution is 5.75. The van der Waals surface area contributed by atoms with Gasteiger partial charge in [-0.3, -0.25) is 0 Å². The lowest BCUT2D eigenvalue weighted by molar-refractivity contribution is -0.897. The molecular formula is C23H32NO5+. The predicted molar refractivity (Wildman–Crippen MR) is 112 cm³/mol. The number of ketones is 1. The van der Waals surface area contributed by atoms with Crippen LogP contribution in [0.4, 0.5) is 0 Å². The average Bonchev–Trinajstić information content (AvgIpc) is 2.71. The molecule has 2 rings (SSSR count). The molecule has 0 bridgehead atoms. The standard InChI is InChI=1S/C23H31NO5/c1-17(25)8-9-18-10-12-21(13-11-18)29-16-20(26)15-24(2)14-19-6-5-7-22(27-3)23(19)28-4/h5-7,10-13,20,26H,8-9,14-16H2,1-4H3/p+1/t20-/m0/s1. The predicted octanol–water partition coefficient (Wildman–Crippen LogP) is 1.68. The highest BCUT2D eigenvalue weighted by atomic mass is 16.5. The molecule has 2 N–H and O–H groups in total. The molecule has 2 aromatic rings. The van der Waals surface area contributed by atoms with Gasteiger partial charge in [0.25, 0.3) is 0 Å². The first-order valence-corrected chi connectivity index (χ1v) is 9.83. The molecule has 6 nitrogen and oxygen atoms in total. The molecule has 0 spiro atoms. The van der Waals surface area contributed by atoms with E-state index in [1.807, 2.05) is 49.5 Å². The Balaban J connectivity index is 1.82. The summed E-state index contributed by atoms with van der Waals surface area (Å²) in [5.74, 6) is 2.33. The van der Waals surface area contributed by atoms with Crippen LogP contribution in [0.2, 0.25) is 0 Å². The van der Waals surface area contributed by atoms with Gasteiger partial charge in [0.2, 0.25) is 0 Å². The zero-order valence-corrected chi connectivity index (χ0v) is 17.7. The number of ether oxygens (including phenoxy) is 3. The molecule has 0 amide bonds. The van der Waals surface area contributed by atoms with E-state index in [4.69, 9.17) is 14.2 Å². The molecule has 158 valence electrons. The van der Waals surface area contributed by atoms with Crippen LogP contribution in [0.5, 0.6) is 17.2 Å². The van der Waals surface area contributed by atoms with Crippen molar-refractivity contribution in [2.75, 3.05) is 34.4 Å². The Morgan fingerprint density at radius 1 is 1.10 bits per heavy atom. The fraction of sp³-hybridized carbons (Fsp3) is 0.435. The molecular weight excluding hydrogens is 370 g/mol. The van der Waals surface area contributed by atoms with E-state index in [2.05, 4.69) is 0 Å². The van der Waals surface area contributed by atoms with Crippen LogP contribution in [0.1, 0.15) is 24.5 Å². The lowest BCUT2D eigenvalue weighted by Gasteiger charge is -2.20. The van der Waals surface area contributed by atoms with Gasteiger partial charge >= 0.3 is 0 Å². The van der Waals surface area contributed by atoms with Crippen molar-refractivity contribution >= 4 is 5.78 Å². The van der Waals surface area contributed by atoms with Crippen molar-refractivity contribution in [3.8, 4) is 17.2 Å². The minimum atomic E-state index is -0.594. The number of rotatable bonds is 12. The maximum atomic E-state index is 11.1. The number of aryl methyl sites for hydroxylation is 1. The summed E-state index contributed by atoms with van der Waals surface area (Å²) in [5.41, 5.74) is 2.13. The van der Waals surface area contributed by atoms with Crippen LogP contribution in [0.15, 0.2) is 42.5 Å². The number of methoxy groups -OCH3 is 2. The molecule has 2 atom stereocenters. The highest BCUT2D eigenvalue weighted by Gasteiger charge is 2.17. The summed E-state index contributed by atoms with van der Waals surface area (Å²) in [6.07, 6.45) is 0.690. The summed E-state index contributed by atoms with van der Waals surface area (Å²) >= 11 is 0. The Bertz CT molecular complexity index is 775. The lowest BCUT2D eigenvalue weighted by atomic mass is 10.1. The largest absolute Gasteiger partial charge is 0.493 e. The van der Waals surface area contributed by atoms with Gasteiger partial charge in [-0.1, -0.05) is 18.2 Å².